The predicted octanol–water partition coefficient (Wildman–Crippen LogP) is 3.12. The van der Waals surface area contributed by atoms with Gasteiger partial charge >= 0.3 is 0 Å². The van der Waals surface area contributed by atoms with Crippen LogP contribution < -0.4 is 5.73 Å². The van der Waals surface area contributed by atoms with Crippen LogP contribution in [0.4, 0.5) is 0 Å². The lowest BCUT2D eigenvalue weighted by atomic mass is 9.98. The summed E-state index contributed by atoms with van der Waals surface area (Å²) in [6.45, 7) is 5.29. The van der Waals surface area contributed by atoms with Gasteiger partial charge in [-0.05, 0) is 43.2 Å². The average Bonchev–Trinajstić information content (AvgIpc) is 3.05. The molecule has 0 saturated carbocycles. The summed E-state index contributed by atoms with van der Waals surface area (Å²) in [5.74, 6) is 1.57. The summed E-state index contributed by atoms with van der Waals surface area (Å²) in [7, 11) is 0. The molecule has 2 aromatic rings. The first kappa shape index (κ1) is 14.7. The van der Waals surface area contributed by atoms with Gasteiger partial charge in [-0.15, -0.1) is 11.3 Å². The van der Waals surface area contributed by atoms with E-state index in [0.717, 1.165) is 18.8 Å². The zero-order valence-corrected chi connectivity index (χ0v) is 13.7. The Kier molecular flexibility index (Phi) is 4.40. The van der Waals surface area contributed by atoms with E-state index in [1.165, 1.54) is 36.1 Å². The molecule has 1 aliphatic carbocycles. The lowest BCUT2D eigenvalue weighted by Crippen LogP contribution is -2.17. The van der Waals surface area contributed by atoms with Crippen LogP contribution in [0.2, 0.25) is 0 Å². The van der Waals surface area contributed by atoms with Crippen molar-refractivity contribution in [3.8, 4) is 0 Å². The summed E-state index contributed by atoms with van der Waals surface area (Å²) in [6.07, 6.45) is 7.51. The van der Waals surface area contributed by atoms with Crippen molar-refractivity contribution in [1.29, 1.82) is 0 Å². The Labute approximate surface area is 130 Å². The fraction of sp³-hybridized carbons (Fsp3) is 0.625. The maximum atomic E-state index is 6.43. The van der Waals surface area contributed by atoms with Crippen molar-refractivity contribution in [1.82, 2.24) is 14.8 Å². The lowest BCUT2D eigenvalue weighted by Gasteiger charge is -2.12. The second kappa shape index (κ2) is 6.28. The molecule has 4 nitrogen and oxygen atoms in total. The number of hydrogen-bond acceptors (Lipinski definition) is 4. The number of aryl methyl sites for hydroxylation is 2. The van der Waals surface area contributed by atoms with Crippen molar-refractivity contribution >= 4 is 11.3 Å². The van der Waals surface area contributed by atoms with Crippen molar-refractivity contribution in [3.05, 3.63) is 33.5 Å². The highest BCUT2D eigenvalue weighted by atomic mass is 32.1. The summed E-state index contributed by atoms with van der Waals surface area (Å²) in [5, 5.41) is 4.32. The van der Waals surface area contributed by atoms with Gasteiger partial charge in [0.25, 0.3) is 0 Å². The van der Waals surface area contributed by atoms with Crippen LogP contribution in [-0.2, 0) is 25.8 Å². The van der Waals surface area contributed by atoms with Crippen LogP contribution in [0.25, 0.3) is 0 Å². The van der Waals surface area contributed by atoms with Gasteiger partial charge in [-0.1, -0.05) is 13.8 Å². The Morgan fingerprint density at radius 2 is 2.14 bits per heavy atom. The summed E-state index contributed by atoms with van der Waals surface area (Å²) in [4.78, 5) is 7.25. The van der Waals surface area contributed by atoms with Crippen LogP contribution in [0.15, 0.2) is 12.4 Å². The molecule has 1 unspecified atom stereocenters. The lowest BCUT2D eigenvalue weighted by molar-refractivity contribution is 0.460. The zero-order valence-electron chi connectivity index (χ0n) is 12.9. The van der Waals surface area contributed by atoms with Crippen molar-refractivity contribution < 1.29 is 0 Å². The number of rotatable bonds is 5. The van der Waals surface area contributed by atoms with Crippen LogP contribution >= 0.6 is 11.3 Å². The molecule has 0 bridgehead atoms. The van der Waals surface area contributed by atoms with Crippen molar-refractivity contribution in [2.45, 2.75) is 58.5 Å². The van der Waals surface area contributed by atoms with Gasteiger partial charge in [0.15, 0.2) is 0 Å². The third-order valence-corrected chi connectivity index (χ3v) is 5.39. The van der Waals surface area contributed by atoms with Gasteiger partial charge in [-0.25, -0.2) is 9.67 Å². The fourth-order valence-electron chi connectivity index (χ4n) is 2.94. The summed E-state index contributed by atoms with van der Waals surface area (Å²) in [5.41, 5.74) is 7.96. The minimum Gasteiger partial charge on any atom is -0.323 e. The molecule has 0 spiro atoms. The van der Waals surface area contributed by atoms with E-state index in [-0.39, 0.29) is 6.04 Å². The molecule has 2 heterocycles. The minimum atomic E-state index is 0.0377. The molecule has 2 N–H and O–H groups in total. The smallest absolute Gasteiger partial charge is 0.138 e. The van der Waals surface area contributed by atoms with E-state index >= 15 is 0 Å². The Morgan fingerprint density at radius 3 is 2.90 bits per heavy atom. The molecule has 3 rings (SSSR count). The molecular formula is C16H24N4S. The zero-order chi connectivity index (χ0) is 14.8. The Balaban J connectivity index is 1.72. The summed E-state index contributed by atoms with van der Waals surface area (Å²) in [6, 6.07) is 2.36. The van der Waals surface area contributed by atoms with Crippen molar-refractivity contribution in [2.75, 3.05) is 0 Å². The molecule has 114 valence electrons. The van der Waals surface area contributed by atoms with E-state index in [9.17, 15) is 0 Å². The molecule has 0 aliphatic heterocycles. The van der Waals surface area contributed by atoms with Gasteiger partial charge in [-0.3, -0.25) is 0 Å². The number of nitrogens with two attached hydrogens (primary N) is 1. The Hall–Kier alpha value is -1.20. The van der Waals surface area contributed by atoms with E-state index in [2.05, 4.69) is 30.0 Å². The van der Waals surface area contributed by atoms with Gasteiger partial charge in [-0.2, -0.15) is 5.10 Å². The number of hydrogen-bond donors (Lipinski definition) is 1. The molecule has 0 radical (unpaired) electrons. The molecule has 0 aromatic carbocycles. The highest BCUT2D eigenvalue weighted by Crippen LogP contribution is 2.33. The van der Waals surface area contributed by atoms with E-state index < -0.39 is 0 Å². The van der Waals surface area contributed by atoms with Gasteiger partial charge < -0.3 is 5.73 Å². The Morgan fingerprint density at radius 1 is 1.33 bits per heavy atom. The largest absolute Gasteiger partial charge is 0.323 e. The first-order valence-corrected chi connectivity index (χ1v) is 8.69. The number of fused-ring (bicyclic) bond motifs is 1. The van der Waals surface area contributed by atoms with Crippen LogP contribution in [0.3, 0.4) is 0 Å². The van der Waals surface area contributed by atoms with Crippen LogP contribution in [0.1, 0.15) is 53.9 Å². The average molecular weight is 304 g/mol. The third kappa shape index (κ3) is 3.35. The van der Waals surface area contributed by atoms with E-state index in [0.29, 0.717) is 5.92 Å². The van der Waals surface area contributed by atoms with Crippen LogP contribution in [0, 0.1) is 5.92 Å². The predicted molar refractivity (Wildman–Crippen MR) is 86.5 cm³/mol. The molecule has 2 aromatic heterocycles. The highest BCUT2D eigenvalue weighted by Gasteiger charge is 2.19. The second-order valence-corrected chi connectivity index (χ2v) is 7.54. The van der Waals surface area contributed by atoms with E-state index in [1.807, 2.05) is 16.0 Å². The quantitative estimate of drug-likeness (QED) is 0.923. The summed E-state index contributed by atoms with van der Waals surface area (Å²) >= 11 is 1.90. The molecule has 1 aliphatic rings. The first-order valence-electron chi connectivity index (χ1n) is 7.87. The molecular weight excluding hydrogens is 280 g/mol. The van der Waals surface area contributed by atoms with Crippen molar-refractivity contribution in [3.63, 3.8) is 0 Å². The highest BCUT2D eigenvalue weighted by molar-refractivity contribution is 7.12. The van der Waals surface area contributed by atoms with E-state index in [1.54, 1.807) is 11.2 Å². The maximum Gasteiger partial charge on any atom is 0.138 e. The second-order valence-electron chi connectivity index (χ2n) is 6.37. The first-order chi connectivity index (χ1) is 10.1. The topological polar surface area (TPSA) is 56.7 Å². The molecule has 0 amide bonds. The minimum absolute atomic E-state index is 0.0377. The monoisotopic (exact) mass is 304 g/mol. The number of thiophene rings is 1. The molecule has 0 fully saturated rings. The van der Waals surface area contributed by atoms with Gasteiger partial charge in [0.2, 0.25) is 0 Å². The van der Waals surface area contributed by atoms with Gasteiger partial charge in [0.1, 0.15) is 12.2 Å². The molecule has 5 heteroatoms. The SMILES string of the molecule is CC(C)Cn1ncnc1CC(N)c1cc2c(s1)CCCC2. The number of nitrogens with zero attached hydrogens (tertiary/aromatic N) is 3. The molecule has 0 saturated heterocycles. The normalized spacial score (nSPS) is 16.2. The third-order valence-electron chi connectivity index (χ3n) is 4.02. The van der Waals surface area contributed by atoms with Crippen LogP contribution in [0.5, 0.6) is 0 Å². The van der Waals surface area contributed by atoms with Gasteiger partial charge in [0.05, 0.1) is 0 Å². The van der Waals surface area contributed by atoms with Gasteiger partial charge in [0, 0.05) is 28.8 Å². The van der Waals surface area contributed by atoms with Crippen molar-refractivity contribution in [2.24, 2.45) is 11.7 Å². The maximum absolute atomic E-state index is 6.43. The standard InChI is InChI=1S/C16H24N4S/c1-11(2)9-20-16(18-10-19-20)8-13(17)15-7-12-5-3-4-6-14(12)21-15/h7,10-11,13H,3-6,8-9,17H2,1-2H3. The fourth-order valence-corrected chi connectivity index (χ4v) is 4.20. The molecule has 21 heavy (non-hydrogen) atoms. The summed E-state index contributed by atoms with van der Waals surface area (Å²) < 4.78 is 2.00. The van der Waals surface area contributed by atoms with Crippen LogP contribution in [-0.4, -0.2) is 14.8 Å². The Bertz CT molecular complexity index is 576. The number of aromatic nitrogens is 3. The van der Waals surface area contributed by atoms with E-state index in [4.69, 9.17) is 5.73 Å². The molecule has 1 atom stereocenters.